The van der Waals surface area contributed by atoms with Crippen LogP contribution < -0.4 is 10.6 Å². The van der Waals surface area contributed by atoms with E-state index >= 15 is 0 Å². The number of ketones is 1. The van der Waals surface area contributed by atoms with Crippen LogP contribution in [0.25, 0.3) is 0 Å². The van der Waals surface area contributed by atoms with E-state index < -0.39 is 6.10 Å². The van der Waals surface area contributed by atoms with Crippen LogP contribution in [0.4, 0.5) is 11.4 Å². The summed E-state index contributed by atoms with van der Waals surface area (Å²) in [5, 5.41) is 6.35. The summed E-state index contributed by atoms with van der Waals surface area (Å²) in [6.45, 7) is 1.99. The van der Waals surface area contributed by atoms with Gasteiger partial charge in [0.2, 0.25) is 11.7 Å². The summed E-state index contributed by atoms with van der Waals surface area (Å²) in [4.78, 5) is 12.6. The lowest BCUT2D eigenvalue weighted by molar-refractivity contribution is -0.121. The Hall–Kier alpha value is -2.75. The quantitative estimate of drug-likeness (QED) is 0.840. The highest BCUT2D eigenvalue weighted by Crippen LogP contribution is 2.39. The van der Waals surface area contributed by atoms with Gasteiger partial charge in [0.05, 0.1) is 11.4 Å². The van der Waals surface area contributed by atoms with Gasteiger partial charge in [-0.3, -0.25) is 4.79 Å². The van der Waals surface area contributed by atoms with Gasteiger partial charge in [-0.05, 0) is 24.6 Å². The molecule has 0 unspecified atom stereocenters. The van der Waals surface area contributed by atoms with Crippen LogP contribution in [0.1, 0.15) is 17.2 Å². The normalized spacial score (nSPS) is 19.3. The Morgan fingerprint density at radius 3 is 2.38 bits per heavy atom. The maximum atomic E-state index is 12.6. The van der Waals surface area contributed by atoms with E-state index in [1.807, 2.05) is 55.5 Å². The van der Waals surface area contributed by atoms with Gasteiger partial charge in [-0.2, -0.15) is 0 Å². The van der Waals surface area contributed by atoms with E-state index in [-0.39, 0.29) is 5.78 Å². The lowest BCUT2D eigenvalue weighted by Gasteiger charge is -2.19. The first-order chi connectivity index (χ1) is 10.2. The van der Waals surface area contributed by atoms with Crippen LogP contribution in [0.3, 0.4) is 0 Å². The van der Waals surface area contributed by atoms with Crippen LogP contribution >= 0.6 is 0 Å². The number of nitrogens with one attached hydrogen (secondary N) is 2. The molecule has 2 aliphatic heterocycles. The Morgan fingerprint density at radius 1 is 0.952 bits per heavy atom. The number of hydrogen-bond donors (Lipinski definition) is 2. The van der Waals surface area contributed by atoms with Crippen LogP contribution in [0.2, 0.25) is 0 Å². The smallest absolute Gasteiger partial charge is 0.229 e. The minimum Gasteiger partial charge on any atom is -0.461 e. The second kappa shape index (κ2) is 4.38. The lowest BCUT2D eigenvalue weighted by atomic mass is 10.00. The third-order valence-electron chi connectivity index (χ3n) is 3.85. The van der Waals surface area contributed by atoms with Crippen LogP contribution in [-0.4, -0.2) is 5.78 Å². The average molecular weight is 278 g/mol. The maximum Gasteiger partial charge on any atom is 0.229 e. The highest BCUT2D eigenvalue weighted by Gasteiger charge is 2.39. The molecule has 0 fully saturated rings. The minimum absolute atomic E-state index is 0.0405. The Morgan fingerprint density at radius 2 is 1.62 bits per heavy atom. The van der Waals surface area contributed by atoms with Crippen molar-refractivity contribution in [3.8, 4) is 0 Å². The van der Waals surface area contributed by atoms with E-state index in [0.717, 1.165) is 22.5 Å². The van der Waals surface area contributed by atoms with Crippen molar-refractivity contribution >= 4 is 17.2 Å². The van der Waals surface area contributed by atoms with Crippen molar-refractivity contribution in [1.82, 2.24) is 0 Å². The molecule has 2 aliphatic rings. The van der Waals surface area contributed by atoms with E-state index in [4.69, 9.17) is 4.74 Å². The number of aryl methyl sites for hydroxylation is 1. The van der Waals surface area contributed by atoms with Gasteiger partial charge in [0.25, 0.3) is 0 Å². The molecule has 0 saturated carbocycles. The Balaban J connectivity index is 1.69. The topological polar surface area (TPSA) is 50.4 Å². The molecule has 2 aromatic rings. The van der Waals surface area contributed by atoms with Crippen LogP contribution in [-0.2, 0) is 9.53 Å². The van der Waals surface area contributed by atoms with Gasteiger partial charge in [-0.1, -0.05) is 36.4 Å². The number of fused-ring (bicyclic) bond motifs is 1. The van der Waals surface area contributed by atoms with Crippen molar-refractivity contribution in [1.29, 1.82) is 0 Å². The molecule has 104 valence electrons. The molecular formula is C17H14N2O2. The highest BCUT2D eigenvalue weighted by atomic mass is 16.5. The average Bonchev–Trinajstić information content (AvgIpc) is 2.82. The summed E-state index contributed by atoms with van der Waals surface area (Å²) in [7, 11) is 0. The molecule has 0 bridgehead atoms. The third-order valence-corrected chi connectivity index (χ3v) is 3.85. The summed E-state index contributed by atoms with van der Waals surface area (Å²) in [6, 6.07) is 15.5. The first kappa shape index (κ1) is 12.0. The zero-order valence-corrected chi connectivity index (χ0v) is 11.5. The van der Waals surface area contributed by atoms with E-state index in [9.17, 15) is 4.79 Å². The zero-order valence-electron chi connectivity index (χ0n) is 11.5. The van der Waals surface area contributed by atoms with Gasteiger partial charge in [0, 0.05) is 5.56 Å². The van der Waals surface area contributed by atoms with Crippen LogP contribution in [0, 0.1) is 6.92 Å². The summed E-state index contributed by atoms with van der Waals surface area (Å²) >= 11 is 0. The second-order valence-electron chi connectivity index (χ2n) is 5.22. The number of Topliss-reactive ketones (excluding diaryl/α,β-unsaturated/α-hetero) is 1. The van der Waals surface area contributed by atoms with Gasteiger partial charge in [-0.25, -0.2) is 0 Å². The molecule has 0 spiro atoms. The Bertz CT molecular complexity index is 780. The van der Waals surface area contributed by atoms with Crippen molar-refractivity contribution in [3.63, 3.8) is 0 Å². The van der Waals surface area contributed by atoms with Crippen molar-refractivity contribution in [2.24, 2.45) is 0 Å². The van der Waals surface area contributed by atoms with Gasteiger partial charge < -0.3 is 15.4 Å². The summed E-state index contributed by atoms with van der Waals surface area (Å²) in [5.74, 6) is 0.466. The van der Waals surface area contributed by atoms with Crippen LogP contribution in [0.5, 0.6) is 0 Å². The number of hydrogen-bond acceptors (Lipinski definition) is 4. The standard InChI is InChI=1S/C17H14N2O2/c1-10-6-2-3-7-11(10)16-15(20)14-17(21-16)19-13-9-5-4-8-12(13)18-14/h2-9,16,18-19H,1H3/t16-/m0/s1. The number of para-hydroxylation sites is 2. The summed E-state index contributed by atoms with van der Waals surface area (Å²) < 4.78 is 5.86. The molecule has 4 nitrogen and oxygen atoms in total. The van der Waals surface area contributed by atoms with Crippen molar-refractivity contribution < 1.29 is 9.53 Å². The van der Waals surface area contributed by atoms with Gasteiger partial charge in [-0.15, -0.1) is 0 Å². The van der Waals surface area contributed by atoms with E-state index in [0.29, 0.717) is 11.6 Å². The first-order valence-electron chi connectivity index (χ1n) is 6.88. The van der Waals surface area contributed by atoms with Gasteiger partial charge in [0.1, 0.15) is 5.70 Å². The first-order valence-corrected chi connectivity index (χ1v) is 6.88. The predicted molar refractivity (Wildman–Crippen MR) is 80.7 cm³/mol. The van der Waals surface area contributed by atoms with Gasteiger partial charge in [0.15, 0.2) is 6.10 Å². The van der Waals surface area contributed by atoms with E-state index in [2.05, 4.69) is 10.6 Å². The third kappa shape index (κ3) is 1.80. The minimum atomic E-state index is -0.578. The second-order valence-corrected chi connectivity index (χ2v) is 5.22. The molecule has 1 atom stereocenters. The molecule has 2 heterocycles. The fraction of sp³-hybridized carbons (Fsp3) is 0.118. The van der Waals surface area contributed by atoms with Gasteiger partial charge >= 0.3 is 0 Å². The molecule has 4 rings (SSSR count). The zero-order chi connectivity index (χ0) is 14.4. The Labute approximate surface area is 122 Å². The highest BCUT2D eigenvalue weighted by molar-refractivity contribution is 6.06. The van der Waals surface area contributed by atoms with E-state index in [1.165, 1.54) is 0 Å². The van der Waals surface area contributed by atoms with Crippen molar-refractivity contribution in [2.75, 3.05) is 10.6 Å². The SMILES string of the molecule is Cc1ccccc1[C@@H]1OC2=C(Nc3ccccc3N2)C1=O. The molecule has 0 amide bonds. The number of anilines is 2. The molecule has 21 heavy (non-hydrogen) atoms. The lowest BCUT2D eigenvalue weighted by Crippen LogP contribution is -2.18. The fourth-order valence-electron chi connectivity index (χ4n) is 2.73. The fourth-order valence-corrected chi connectivity index (χ4v) is 2.73. The monoisotopic (exact) mass is 278 g/mol. The van der Waals surface area contributed by atoms with Crippen molar-refractivity contribution in [2.45, 2.75) is 13.0 Å². The number of carbonyl (C=O) groups excluding carboxylic acids is 1. The summed E-state index contributed by atoms with van der Waals surface area (Å²) in [5.41, 5.74) is 4.26. The number of benzene rings is 2. The number of carbonyl (C=O) groups is 1. The van der Waals surface area contributed by atoms with E-state index in [1.54, 1.807) is 0 Å². The number of rotatable bonds is 1. The Kier molecular flexibility index (Phi) is 2.51. The predicted octanol–water partition coefficient (Wildman–Crippen LogP) is 3.34. The van der Waals surface area contributed by atoms with Crippen molar-refractivity contribution in [3.05, 3.63) is 71.2 Å². The molecule has 0 aromatic heterocycles. The molecule has 4 heteroatoms. The molecule has 0 radical (unpaired) electrons. The van der Waals surface area contributed by atoms with Crippen LogP contribution in [0.15, 0.2) is 60.1 Å². The molecule has 0 saturated heterocycles. The molecule has 2 aromatic carbocycles. The molecule has 0 aliphatic carbocycles. The maximum absolute atomic E-state index is 12.6. The molecule has 2 N–H and O–H groups in total. The molecular weight excluding hydrogens is 264 g/mol. The largest absolute Gasteiger partial charge is 0.461 e. The number of ether oxygens (including phenoxy) is 1. The summed E-state index contributed by atoms with van der Waals surface area (Å²) in [6.07, 6.45) is -0.578.